The van der Waals surface area contributed by atoms with E-state index in [4.69, 9.17) is 18.9 Å². The fraction of sp³-hybridized carbons (Fsp3) is 0.467. The molecule has 0 bridgehead atoms. The first-order valence-electron chi connectivity index (χ1n) is 13.6. The molecule has 0 spiro atoms. The smallest absolute Gasteiger partial charge is 0.252 e. The number of hydrogen-bond acceptors (Lipinski definition) is 8. The van der Waals surface area contributed by atoms with Crippen molar-refractivity contribution in [1.29, 1.82) is 0 Å². The van der Waals surface area contributed by atoms with Crippen LogP contribution in [0.3, 0.4) is 0 Å². The maximum Gasteiger partial charge on any atom is 0.252 e. The molecular weight excluding hydrogens is 516 g/mol. The number of carbonyl (C=O) groups excluding carboxylic acids is 2. The van der Waals surface area contributed by atoms with Gasteiger partial charge in [-0.1, -0.05) is 18.2 Å². The molecule has 2 aliphatic heterocycles. The number of carbonyl (C=O) groups is 2. The Hall–Kier alpha value is -3.60. The summed E-state index contributed by atoms with van der Waals surface area (Å²) in [6, 6.07) is 12.0. The van der Waals surface area contributed by atoms with E-state index in [9.17, 15) is 19.8 Å². The topological polar surface area (TPSA) is 127 Å². The van der Waals surface area contributed by atoms with E-state index in [2.05, 4.69) is 5.32 Å². The summed E-state index contributed by atoms with van der Waals surface area (Å²) in [7, 11) is 3.17. The summed E-state index contributed by atoms with van der Waals surface area (Å²) in [5.41, 5.74) is 2.03. The van der Waals surface area contributed by atoms with Gasteiger partial charge in [0.2, 0.25) is 5.91 Å². The second kappa shape index (κ2) is 12.3. The van der Waals surface area contributed by atoms with Crippen LogP contribution in [-0.4, -0.2) is 91.8 Å². The van der Waals surface area contributed by atoms with Crippen LogP contribution in [0.2, 0.25) is 0 Å². The van der Waals surface area contributed by atoms with Crippen molar-refractivity contribution >= 4 is 11.8 Å². The monoisotopic (exact) mass is 552 g/mol. The highest BCUT2D eigenvalue weighted by Gasteiger charge is 2.51. The molecule has 3 aliphatic rings. The van der Waals surface area contributed by atoms with E-state index < -0.39 is 30.3 Å². The van der Waals surface area contributed by atoms with Crippen LogP contribution < -0.4 is 19.5 Å². The van der Waals surface area contributed by atoms with Gasteiger partial charge in [0.25, 0.3) is 5.91 Å². The van der Waals surface area contributed by atoms with E-state index in [-0.39, 0.29) is 31.5 Å². The fourth-order valence-electron chi connectivity index (χ4n) is 5.87. The lowest BCUT2D eigenvalue weighted by Gasteiger charge is -2.41. The van der Waals surface area contributed by atoms with E-state index in [1.54, 1.807) is 31.3 Å². The number of amides is 2. The average molecular weight is 553 g/mol. The molecule has 0 aromatic heterocycles. The minimum absolute atomic E-state index is 0.0808. The zero-order chi connectivity index (χ0) is 28.2. The highest BCUT2D eigenvalue weighted by Crippen LogP contribution is 2.47. The van der Waals surface area contributed by atoms with Gasteiger partial charge in [0, 0.05) is 30.8 Å². The Balaban J connectivity index is 1.52. The van der Waals surface area contributed by atoms with Gasteiger partial charge in [-0.3, -0.25) is 9.59 Å². The number of aliphatic hydroxyl groups excluding tert-OH is 2. The van der Waals surface area contributed by atoms with Crippen molar-refractivity contribution in [3.05, 3.63) is 65.2 Å². The molecule has 3 N–H and O–H groups in total. The first-order valence-corrected chi connectivity index (χ1v) is 13.6. The third-order valence-corrected chi connectivity index (χ3v) is 7.83. The number of aliphatic hydroxyl groups is 2. The van der Waals surface area contributed by atoms with Crippen molar-refractivity contribution in [2.45, 2.75) is 49.5 Å². The summed E-state index contributed by atoms with van der Waals surface area (Å²) in [6.07, 6.45) is 0.949. The zero-order valence-corrected chi connectivity index (χ0v) is 22.7. The zero-order valence-electron chi connectivity index (χ0n) is 22.7. The SMILES string of the molecule is COc1ccc(OC)c(CCN(C(=O)C2CCCO2)[C@@H]2C=C(C(=O)NCCO)[C@@H]3c4ccccc4O[C@@H]3[C@H]2O)c1. The van der Waals surface area contributed by atoms with Crippen LogP contribution >= 0.6 is 0 Å². The van der Waals surface area contributed by atoms with Crippen molar-refractivity contribution in [3.63, 3.8) is 0 Å². The predicted molar refractivity (Wildman–Crippen MR) is 146 cm³/mol. The molecule has 2 aromatic rings. The first-order chi connectivity index (χ1) is 19.5. The largest absolute Gasteiger partial charge is 0.497 e. The number of ether oxygens (including phenoxy) is 4. The lowest BCUT2D eigenvalue weighted by atomic mass is 9.77. The molecule has 1 saturated heterocycles. The lowest BCUT2D eigenvalue weighted by Crippen LogP contribution is -2.57. The Labute approximate surface area is 233 Å². The van der Waals surface area contributed by atoms with Gasteiger partial charge < -0.3 is 39.4 Å². The summed E-state index contributed by atoms with van der Waals surface area (Å²) in [4.78, 5) is 28.8. The molecule has 2 heterocycles. The molecule has 10 nitrogen and oxygen atoms in total. The summed E-state index contributed by atoms with van der Waals surface area (Å²) in [5.74, 6) is 0.774. The van der Waals surface area contributed by atoms with Crippen molar-refractivity contribution < 1.29 is 38.7 Å². The Morgan fingerprint density at radius 1 is 1.15 bits per heavy atom. The highest BCUT2D eigenvalue weighted by molar-refractivity contribution is 5.96. The van der Waals surface area contributed by atoms with Crippen molar-refractivity contribution in [3.8, 4) is 17.2 Å². The number of rotatable bonds is 10. The molecule has 1 aliphatic carbocycles. The van der Waals surface area contributed by atoms with Crippen LogP contribution in [0.1, 0.15) is 29.9 Å². The summed E-state index contributed by atoms with van der Waals surface area (Å²) in [6.45, 7) is 0.598. The van der Waals surface area contributed by atoms with Gasteiger partial charge in [-0.05, 0) is 55.2 Å². The number of para-hydroxylation sites is 1. The standard InChI is InChI=1S/C30H36N2O8/c1-37-19-9-10-23(38-2)18(16-19)11-13-32(30(36)25-8-5-15-39-25)22-17-21(29(35)31-12-14-33)26-20-6-3-4-7-24(20)40-28(26)27(22)34/h3-4,6-7,9-10,16-17,22,25-28,33-34H,5,8,11-15H2,1-2H3,(H,31,35)/t22-,25?,26+,27+,28+/m1/s1. The van der Waals surface area contributed by atoms with Crippen LogP contribution in [0.5, 0.6) is 17.2 Å². The Kier molecular flexibility index (Phi) is 8.58. The quantitative estimate of drug-likeness (QED) is 0.406. The highest BCUT2D eigenvalue weighted by atomic mass is 16.5. The molecule has 2 aromatic carbocycles. The van der Waals surface area contributed by atoms with Crippen LogP contribution in [0, 0.1) is 0 Å². The Morgan fingerprint density at radius 3 is 2.70 bits per heavy atom. The molecule has 10 heteroatoms. The molecule has 0 radical (unpaired) electrons. The molecule has 40 heavy (non-hydrogen) atoms. The number of nitrogens with one attached hydrogen (secondary N) is 1. The van der Waals surface area contributed by atoms with E-state index >= 15 is 0 Å². The molecule has 214 valence electrons. The molecule has 0 saturated carbocycles. The Morgan fingerprint density at radius 2 is 1.98 bits per heavy atom. The number of fused-ring (bicyclic) bond motifs is 3. The van der Waals surface area contributed by atoms with Crippen LogP contribution in [0.15, 0.2) is 54.1 Å². The number of benzene rings is 2. The van der Waals surface area contributed by atoms with Crippen molar-refractivity contribution in [2.75, 3.05) is 40.5 Å². The predicted octanol–water partition coefficient (Wildman–Crippen LogP) is 1.58. The minimum atomic E-state index is -1.11. The van der Waals surface area contributed by atoms with Gasteiger partial charge in [-0.2, -0.15) is 0 Å². The first kappa shape index (κ1) is 27.9. The van der Waals surface area contributed by atoms with Crippen LogP contribution in [-0.2, 0) is 20.7 Å². The van der Waals surface area contributed by atoms with E-state index in [1.807, 2.05) is 36.4 Å². The maximum absolute atomic E-state index is 13.9. The maximum atomic E-state index is 13.9. The van der Waals surface area contributed by atoms with Gasteiger partial charge in [-0.15, -0.1) is 0 Å². The van der Waals surface area contributed by atoms with Gasteiger partial charge in [0.1, 0.15) is 35.6 Å². The van der Waals surface area contributed by atoms with Crippen LogP contribution in [0.25, 0.3) is 0 Å². The molecule has 5 atom stereocenters. The normalized spacial score (nSPS) is 24.8. The van der Waals surface area contributed by atoms with Crippen LogP contribution in [0.4, 0.5) is 0 Å². The van der Waals surface area contributed by atoms with Gasteiger partial charge >= 0.3 is 0 Å². The second-order valence-corrected chi connectivity index (χ2v) is 10.1. The molecule has 1 unspecified atom stereocenters. The summed E-state index contributed by atoms with van der Waals surface area (Å²) < 4.78 is 22.9. The lowest BCUT2D eigenvalue weighted by molar-refractivity contribution is -0.146. The molecule has 2 amide bonds. The molecule has 5 rings (SSSR count). The number of methoxy groups -OCH3 is 2. The third-order valence-electron chi connectivity index (χ3n) is 7.83. The molecular formula is C30H36N2O8. The fourth-order valence-corrected chi connectivity index (χ4v) is 5.87. The van der Waals surface area contributed by atoms with E-state index in [0.29, 0.717) is 42.3 Å². The minimum Gasteiger partial charge on any atom is -0.497 e. The van der Waals surface area contributed by atoms with Crippen molar-refractivity contribution in [1.82, 2.24) is 10.2 Å². The van der Waals surface area contributed by atoms with E-state index in [0.717, 1.165) is 17.5 Å². The summed E-state index contributed by atoms with van der Waals surface area (Å²) >= 11 is 0. The third kappa shape index (κ3) is 5.39. The van der Waals surface area contributed by atoms with Gasteiger partial charge in [-0.25, -0.2) is 0 Å². The molecule has 1 fully saturated rings. The number of hydrogen-bond donors (Lipinski definition) is 3. The average Bonchev–Trinajstić information content (AvgIpc) is 3.66. The van der Waals surface area contributed by atoms with Gasteiger partial charge in [0.15, 0.2) is 0 Å². The summed E-state index contributed by atoms with van der Waals surface area (Å²) in [5, 5.41) is 23.8. The van der Waals surface area contributed by atoms with Gasteiger partial charge in [0.05, 0.1) is 32.8 Å². The number of nitrogens with zero attached hydrogens (tertiary/aromatic N) is 1. The van der Waals surface area contributed by atoms with E-state index in [1.165, 1.54) is 0 Å². The Bertz CT molecular complexity index is 1260. The second-order valence-electron chi connectivity index (χ2n) is 10.1. The van der Waals surface area contributed by atoms with Crippen molar-refractivity contribution in [2.24, 2.45) is 0 Å².